The zero-order valence-corrected chi connectivity index (χ0v) is 21.7. The van der Waals surface area contributed by atoms with Crippen LogP contribution in [0.5, 0.6) is 0 Å². The van der Waals surface area contributed by atoms with E-state index in [0.29, 0.717) is 54.8 Å². The predicted octanol–water partition coefficient (Wildman–Crippen LogP) is 6.82. The first-order chi connectivity index (χ1) is 16.9. The van der Waals surface area contributed by atoms with E-state index in [1.54, 1.807) is 19.1 Å². The van der Waals surface area contributed by atoms with Crippen LogP contribution in [-0.2, 0) is 4.74 Å². The van der Waals surface area contributed by atoms with E-state index < -0.39 is 6.43 Å². The van der Waals surface area contributed by atoms with Crippen molar-refractivity contribution in [2.75, 3.05) is 31.2 Å². The molecule has 1 aliphatic heterocycles. The maximum absolute atomic E-state index is 13.7. The summed E-state index contributed by atoms with van der Waals surface area (Å²) in [4.78, 5) is 15.1. The summed E-state index contributed by atoms with van der Waals surface area (Å²) in [5.41, 5.74) is 2.11. The molecule has 0 N–H and O–H groups in total. The van der Waals surface area contributed by atoms with Gasteiger partial charge in [-0.15, -0.1) is 0 Å². The summed E-state index contributed by atoms with van der Waals surface area (Å²) >= 11 is 0. The Morgan fingerprint density at radius 1 is 0.914 bits per heavy atom. The summed E-state index contributed by atoms with van der Waals surface area (Å²) in [6.07, 6.45) is 4.26. The molecule has 6 nitrogen and oxygen atoms in total. The maximum atomic E-state index is 13.7. The van der Waals surface area contributed by atoms with E-state index in [9.17, 15) is 8.78 Å². The summed E-state index contributed by atoms with van der Waals surface area (Å²) in [5, 5.41) is 0. The zero-order chi connectivity index (χ0) is 25.4. The number of benzene rings is 1. The highest BCUT2D eigenvalue weighted by Crippen LogP contribution is 2.29. The first-order valence-electron chi connectivity index (χ1n) is 12.8. The molecule has 2 aromatic heterocycles. The lowest BCUT2D eigenvalue weighted by Gasteiger charge is -2.28. The average molecular weight is 488 g/mol. The molecule has 3 aromatic rings. The van der Waals surface area contributed by atoms with Crippen LogP contribution in [0.2, 0.25) is 0 Å². The average Bonchev–Trinajstić information content (AvgIpc) is 3.23. The van der Waals surface area contributed by atoms with Crippen LogP contribution >= 0.6 is 0 Å². The number of alkyl halides is 2. The minimum atomic E-state index is -2.70. The van der Waals surface area contributed by atoms with Crippen molar-refractivity contribution in [1.29, 1.82) is 0 Å². The lowest BCUT2D eigenvalue weighted by molar-refractivity contribution is 0.122. The summed E-state index contributed by atoms with van der Waals surface area (Å²) in [6.45, 7) is 13.2. The first-order valence-corrected chi connectivity index (χ1v) is 12.8. The number of morpholine rings is 1. The molecule has 0 aliphatic carbocycles. The molecule has 3 heterocycles. The van der Waals surface area contributed by atoms with Crippen molar-refractivity contribution in [2.24, 2.45) is 5.92 Å². The van der Waals surface area contributed by atoms with E-state index in [1.807, 2.05) is 19.1 Å². The molecule has 0 amide bonds. The number of aromatic nitrogens is 4. The van der Waals surface area contributed by atoms with Gasteiger partial charge in [0.25, 0.3) is 6.43 Å². The van der Waals surface area contributed by atoms with E-state index in [-0.39, 0.29) is 5.82 Å². The third kappa shape index (κ3) is 6.97. The summed E-state index contributed by atoms with van der Waals surface area (Å²) < 4.78 is 34.1. The molecule has 0 atom stereocenters. The van der Waals surface area contributed by atoms with Gasteiger partial charge in [0.2, 0.25) is 0 Å². The molecule has 0 bridgehead atoms. The Hall–Kier alpha value is -2.61. The highest BCUT2D eigenvalue weighted by Gasteiger charge is 2.23. The normalized spacial score (nSPS) is 14.0. The van der Waals surface area contributed by atoms with Gasteiger partial charge in [-0.25, -0.2) is 23.7 Å². The minimum Gasteiger partial charge on any atom is -0.378 e. The van der Waals surface area contributed by atoms with Crippen LogP contribution < -0.4 is 4.90 Å². The number of nitrogens with zero attached hydrogens (tertiary/aromatic N) is 5. The molecule has 0 unspecified atom stereocenters. The van der Waals surface area contributed by atoms with Crippen LogP contribution in [0.1, 0.15) is 76.5 Å². The van der Waals surface area contributed by atoms with E-state index in [2.05, 4.69) is 40.6 Å². The van der Waals surface area contributed by atoms with E-state index in [4.69, 9.17) is 4.74 Å². The smallest absolute Gasteiger partial charge is 0.296 e. The third-order valence-electron chi connectivity index (χ3n) is 6.38. The van der Waals surface area contributed by atoms with Crippen molar-refractivity contribution in [3.05, 3.63) is 41.5 Å². The molecular weight excluding hydrogens is 448 g/mol. The minimum absolute atomic E-state index is 0.309. The largest absolute Gasteiger partial charge is 0.378 e. The van der Waals surface area contributed by atoms with E-state index in [0.717, 1.165) is 11.5 Å². The molecule has 1 aromatic carbocycles. The number of rotatable bonds is 8. The Morgan fingerprint density at radius 2 is 1.57 bits per heavy atom. The fourth-order valence-electron chi connectivity index (χ4n) is 4.57. The molecule has 192 valence electrons. The van der Waals surface area contributed by atoms with Crippen molar-refractivity contribution < 1.29 is 13.5 Å². The fourth-order valence-corrected chi connectivity index (χ4v) is 4.57. The van der Waals surface area contributed by atoms with Gasteiger partial charge in [-0.1, -0.05) is 58.9 Å². The number of aryl methyl sites for hydroxylation is 2. The lowest BCUT2D eigenvalue weighted by Crippen LogP contribution is -2.37. The highest BCUT2D eigenvalue weighted by atomic mass is 19.3. The molecule has 1 saturated heterocycles. The Morgan fingerprint density at radius 3 is 2.17 bits per heavy atom. The van der Waals surface area contributed by atoms with Crippen LogP contribution in [0.4, 0.5) is 14.6 Å². The van der Waals surface area contributed by atoms with Crippen molar-refractivity contribution in [2.45, 2.75) is 73.1 Å². The van der Waals surface area contributed by atoms with Gasteiger partial charge in [-0.3, -0.25) is 4.57 Å². The van der Waals surface area contributed by atoms with Crippen LogP contribution in [0.3, 0.4) is 0 Å². The Labute approximate surface area is 207 Å². The third-order valence-corrected chi connectivity index (χ3v) is 6.38. The quantitative estimate of drug-likeness (QED) is 0.349. The van der Waals surface area contributed by atoms with Crippen LogP contribution in [0, 0.1) is 19.8 Å². The first kappa shape index (κ1) is 27.0. The number of imidazole rings is 1. The van der Waals surface area contributed by atoms with Gasteiger partial charge in [0.05, 0.1) is 24.2 Å². The molecule has 1 fully saturated rings. The van der Waals surface area contributed by atoms with Gasteiger partial charge in [0, 0.05) is 19.2 Å². The number of hydrogen-bond donors (Lipinski definition) is 0. The van der Waals surface area contributed by atoms with E-state index in [1.165, 1.54) is 36.7 Å². The maximum Gasteiger partial charge on any atom is 0.296 e. The zero-order valence-electron chi connectivity index (χ0n) is 21.7. The van der Waals surface area contributed by atoms with Crippen LogP contribution in [0.25, 0.3) is 16.9 Å². The molecule has 0 saturated carbocycles. The molecule has 0 radical (unpaired) electrons. The van der Waals surface area contributed by atoms with Crippen LogP contribution in [0.15, 0.2) is 24.3 Å². The van der Waals surface area contributed by atoms with Crippen molar-refractivity contribution in [3.63, 3.8) is 0 Å². The Kier molecular flexibility index (Phi) is 9.95. The van der Waals surface area contributed by atoms with Crippen molar-refractivity contribution in [1.82, 2.24) is 19.5 Å². The van der Waals surface area contributed by atoms with E-state index >= 15 is 0 Å². The van der Waals surface area contributed by atoms with Gasteiger partial charge in [-0.05, 0) is 37.5 Å². The molecular formula is C27H39F2N5O. The molecule has 4 rings (SSSR count). The monoisotopic (exact) mass is 487 g/mol. The number of halogens is 2. The Balaban J connectivity index is 0.000000327. The summed E-state index contributed by atoms with van der Waals surface area (Å²) in [5.74, 6) is 2.35. The van der Waals surface area contributed by atoms with Gasteiger partial charge >= 0.3 is 0 Å². The predicted molar refractivity (Wildman–Crippen MR) is 138 cm³/mol. The second-order valence-electron chi connectivity index (χ2n) is 9.18. The van der Waals surface area contributed by atoms with Crippen molar-refractivity contribution in [3.8, 4) is 5.82 Å². The highest BCUT2D eigenvalue weighted by molar-refractivity contribution is 5.79. The second-order valence-corrected chi connectivity index (χ2v) is 9.18. The number of hydrogen-bond acceptors (Lipinski definition) is 5. The summed E-state index contributed by atoms with van der Waals surface area (Å²) in [6, 6.07) is 7.21. The number of fused-ring (bicyclic) bond motifs is 1. The lowest BCUT2D eigenvalue weighted by atomic mass is 9.96. The molecule has 35 heavy (non-hydrogen) atoms. The fraction of sp³-hybridized carbons (Fsp3) is 0.593. The van der Waals surface area contributed by atoms with Gasteiger partial charge in [-0.2, -0.15) is 0 Å². The second kappa shape index (κ2) is 12.9. The SMILES string of the molecule is CCCC(CC)CCC.Cc1ccc2nc(C(F)F)n(-c3cc(N4CCOCC4)nc(C)n3)c2c1. The number of ether oxygens (including phenoxy) is 1. The molecule has 8 heteroatoms. The molecule has 1 aliphatic rings. The Bertz CT molecular complexity index is 1070. The molecule has 0 spiro atoms. The topological polar surface area (TPSA) is 56.1 Å². The summed E-state index contributed by atoms with van der Waals surface area (Å²) in [7, 11) is 0. The van der Waals surface area contributed by atoms with Crippen LogP contribution in [-0.4, -0.2) is 45.8 Å². The van der Waals surface area contributed by atoms with Gasteiger partial charge in [0.1, 0.15) is 17.5 Å². The van der Waals surface area contributed by atoms with Gasteiger partial charge in [0.15, 0.2) is 5.82 Å². The van der Waals surface area contributed by atoms with Crippen molar-refractivity contribution >= 4 is 16.9 Å². The standard InChI is InChI=1S/C18H19F2N5O.C9H20/c1-11-3-4-13-14(9-11)25(18(23-13)17(19)20)16-10-15(21-12(2)22-16)24-5-7-26-8-6-24;1-4-7-9(6-3)8-5-2/h3-4,9-10,17H,5-8H2,1-2H3;9H,4-8H2,1-3H3. The number of anilines is 1. The van der Waals surface area contributed by atoms with Gasteiger partial charge < -0.3 is 9.64 Å².